The van der Waals surface area contributed by atoms with Gasteiger partial charge in [0.2, 0.25) is 0 Å². The number of rotatable bonds is 3. The molecule has 1 N–H and O–H groups in total. The summed E-state index contributed by atoms with van der Waals surface area (Å²) in [5.74, 6) is -0.848. The number of aromatic amines is 1. The average molecular weight is 313 g/mol. The number of ether oxygens (including phenoxy) is 1. The molecule has 0 saturated carbocycles. The maximum atomic E-state index is 12.5. The Bertz CT molecular complexity index is 739. The van der Waals surface area contributed by atoms with Gasteiger partial charge < -0.3 is 4.74 Å². The number of H-pyrrole nitrogens is 1. The molecule has 6 nitrogen and oxygen atoms in total. The van der Waals surface area contributed by atoms with Gasteiger partial charge in [-0.25, -0.2) is 9.89 Å². The first-order valence-corrected chi connectivity index (χ1v) is 6.13. The van der Waals surface area contributed by atoms with Crippen LogP contribution in [0.5, 0.6) is 0 Å². The molecule has 2 aromatic rings. The molecule has 116 valence electrons. The monoisotopic (exact) mass is 313 g/mol. The number of halogens is 3. The van der Waals surface area contributed by atoms with E-state index in [1.807, 2.05) is 0 Å². The van der Waals surface area contributed by atoms with E-state index in [1.165, 1.54) is 0 Å². The van der Waals surface area contributed by atoms with E-state index in [1.54, 1.807) is 6.92 Å². The zero-order chi connectivity index (χ0) is 16.3. The molecule has 0 saturated heterocycles. The van der Waals surface area contributed by atoms with Gasteiger partial charge in [0.15, 0.2) is 0 Å². The zero-order valence-corrected chi connectivity index (χ0v) is 11.3. The molecular formula is C13H10F3N3O3. The van der Waals surface area contributed by atoms with Crippen molar-refractivity contribution in [1.29, 1.82) is 0 Å². The van der Waals surface area contributed by atoms with Crippen LogP contribution in [-0.4, -0.2) is 27.8 Å². The fourth-order valence-corrected chi connectivity index (χ4v) is 1.61. The van der Waals surface area contributed by atoms with Crippen molar-refractivity contribution in [3.05, 3.63) is 45.9 Å². The van der Waals surface area contributed by atoms with Crippen molar-refractivity contribution in [3.8, 4) is 11.4 Å². The number of nitrogens with zero attached hydrogens (tertiary/aromatic N) is 2. The van der Waals surface area contributed by atoms with Gasteiger partial charge in [0.1, 0.15) is 11.3 Å². The molecule has 0 amide bonds. The fourth-order valence-electron chi connectivity index (χ4n) is 1.61. The van der Waals surface area contributed by atoms with E-state index in [0.29, 0.717) is 6.20 Å². The first kappa shape index (κ1) is 15.7. The third-order valence-corrected chi connectivity index (χ3v) is 2.65. The van der Waals surface area contributed by atoms with Crippen molar-refractivity contribution in [2.24, 2.45) is 0 Å². The van der Waals surface area contributed by atoms with Crippen LogP contribution in [0.3, 0.4) is 0 Å². The normalized spacial score (nSPS) is 11.3. The minimum absolute atomic E-state index is 0.0522. The Morgan fingerprint density at radius 1 is 1.32 bits per heavy atom. The number of hydrogen-bond acceptors (Lipinski definition) is 5. The molecule has 9 heteroatoms. The van der Waals surface area contributed by atoms with Crippen molar-refractivity contribution in [2.75, 3.05) is 6.61 Å². The molecule has 2 heterocycles. The summed E-state index contributed by atoms with van der Waals surface area (Å²) in [5, 5.41) is 5.74. The Morgan fingerprint density at radius 2 is 2.05 bits per heavy atom. The third-order valence-electron chi connectivity index (χ3n) is 2.65. The quantitative estimate of drug-likeness (QED) is 0.876. The predicted octanol–water partition coefficient (Wildman–Crippen LogP) is 2.03. The van der Waals surface area contributed by atoms with Crippen LogP contribution in [0.15, 0.2) is 29.2 Å². The molecule has 2 aromatic heterocycles. The van der Waals surface area contributed by atoms with Gasteiger partial charge in [0.05, 0.1) is 17.9 Å². The van der Waals surface area contributed by atoms with Crippen LogP contribution < -0.4 is 5.56 Å². The van der Waals surface area contributed by atoms with E-state index in [9.17, 15) is 22.8 Å². The number of aromatic nitrogens is 3. The van der Waals surface area contributed by atoms with E-state index in [0.717, 1.165) is 18.2 Å². The van der Waals surface area contributed by atoms with Gasteiger partial charge >= 0.3 is 12.1 Å². The molecule has 0 aliphatic heterocycles. The number of esters is 1. The maximum absolute atomic E-state index is 12.5. The summed E-state index contributed by atoms with van der Waals surface area (Å²) in [6, 6.07) is 3.05. The van der Waals surface area contributed by atoms with Gasteiger partial charge in [-0.05, 0) is 25.1 Å². The maximum Gasteiger partial charge on any atom is 0.417 e. The molecule has 0 atom stereocenters. The highest BCUT2D eigenvalue weighted by Gasteiger charge is 2.30. The summed E-state index contributed by atoms with van der Waals surface area (Å²) in [7, 11) is 0. The third kappa shape index (κ3) is 3.30. The molecule has 0 fully saturated rings. The van der Waals surface area contributed by atoms with Crippen LogP contribution in [0.4, 0.5) is 13.2 Å². The van der Waals surface area contributed by atoms with Crippen LogP contribution in [0.2, 0.25) is 0 Å². The lowest BCUT2D eigenvalue weighted by atomic mass is 10.2. The van der Waals surface area contributed by atoms with Gasteiger partial charge in [-0.1, -0.05) is 0 Å². The van der Waals surface area contributed by atoms with Crippen molar-refractivity contribution in [2.45, 2.75) is 13.1 Å². The molecule has 0 aromatic carbocycles. The molecule has 0 aliphatic carbocycles. The van der Waals surface area contributed by atoms with Crippen molar-refractivity contribution in [1.82, 2.24) is 15.2 Å². The minimum Gasteiger partial charge on any atom is -0.462 e. The molecule has 0 bridgehead atoms. The summed E-state index contributed by atoms with van der Waals surface area (Å²) in [6.07, 6.45) is -3.85. The highest BCUT2D eigenvalue weighted by atomic mass is 19.4. The molecule has 0 aliphatic rings. The molecule has 0 spiro atoms. The molecule has 22 heavy (non-hydrogen) atoms. The highest BCUT2D eigenvalue weighted by molar-refractivity contribution is 5.89. The number of pyridine rings is 1. The summed E-state index contributed by atoms with van der Waals surface area (Å²) < 4.78 is 42.1. The van der Waals surface area contributed by atoms with Gasteiger partial charge in [-0.3, -0.25) is 9.78 Å². The average Bonchev–Trinajstić information content (AvgIpc) is 2.47. The molecule has 0 unspecified atom stereocenters. The predicted molar refractivity (Wildman–Crippen MR) is 69.0 cm³/mol. The largest absolute Gasteiger partial charge is 0.462 e. The molecular weight excluding hydrogens is 303 g/mol. The van der Waals surface area contributed by atoms with Gasteiger partial charge in [0, 0.05) is 6.20 Å². The smallest absolute Gasteiger partial charge is 0.417 e. The first-order chi connectivity index (χ1) is 10.3. The topological polar surface area (TPSA) is 84.9 Å². The van der Waals surface area contributed by atoms with Crippen molar-refractivity contribution >= 4 is 5.97 Å². The van der Waals surface area contributed by atoms with Crippen LogP contribution in [0.25, 0.3) is 11.4 Å². The lowest BCUT2D eigenvalue weighted by molar-refractivity contribution is -0.137. The van der Waals surface area contributed by atoms with Crippen molar-refractivity contribution < 1.29 is 22.7 Å². The van der Waals surface area contributed by atoms with Gasteiger partial charge in [-0.15, -0.1) is 0 Å². The fraction of sp³-hybridized carbons (Fsp3) is 0.231. The number of carbonyl (C=O) groups is 1. The summed E-state index contributed by atoms with van der Waals surface area (Å²) in [5.41, 5.74) is -1.83. The van der Waals surface area contributed by atoms with E-state index in [-0.39, 0.29) is 23.6 Å². The second-order valence-corrected chi connectivity index (χ2v) is 4.15. The summed E-state index contributed by atoms with van der Waals surface area (Å²) >= 11 is 0. The summed E-state index contributed by atoms with van der Waals surface area (Å²) in [4.78, 5) is 26.7. The van der Waals surface area contributed by atoms with E-state index < -0.39 is 23.3 Å². The molecule has 2 rings (SSSR count). The van der Waals surface area contributed by atoms with Crippen molar-refractivity contribution in [3.63, 3.8) is 0 Å². The Labute approximate surface area is 122 Å². The lowest BCUT2D eigenvalue weighted by Gasteiger charge is -2.07. The van der Waals surface area contributed by atoms with Gasteiger partial charge in [-0.2, -0.15) is 18.3 Å². The first-order valence-electron chi connectivity index (χ1n) is 6.13. The number of hydrogen-bond donors (Lipinski definition) is 1. The van der Waals surface area contributed by atoms with E-state index in [4.69, 9.17) is 4.74 Å². The van der Waals surface area contributed by atoms with Crippen LogP contribution >= 0.6 is 0 Å². The zero-order valence-electron chi connectivity index (χ0n) is 11.3. The number of carbonyl (C=O) groups excluding carboxylic acids is 1. The Balaban J connectivity index is 2.39. The SMILES string of the molecule is CCOC(=O)c1cc(-c2ccc(C(F)(F)F)cn2)n[nH]c1=O. The standard InChI is InChI=1S/C13H10F3N3O3/c1-2-22-12(21)8-5-10(18-19-11(8)20)9-4-3-7(6-17-9)13(14,15)16/h3-6H,2H2,1H3,(H,19,20). The Morgan fingerprint density at radius 3 is 2.59 bits per heavy atom. The van der Waals surface area contributed by atoms with Crippen LogP contribution in [0, 0.1) is 0 Å². The second kappa shape index (κ2) is 5.96. The second-order valence-electron chi connectivity index (χ2n) is 4.15. The van der Waals surface area contributed by atoms with Crippen LogP contribution in [0.1, 0.15) is 22.8 Å². The Kier molecular flexibility index (Phi) is 4.25. The Hall–Kier alpha value is -2.71. The van der Waals surface area contributed by atoms with Crippen LogP contribution in [-0.2, 0) is 10.9 Å². The van der Waals surface area contributed by atoms with Gasteiger partial charge in [0.25, 0.3) is 5.56 Å². The molecule has 0 radical (unpaired) electrons. The minimum atomic E-state index is -4.50. The van der Waals surface area contributed by atoms with E-state index >= 15 is 0 Å². The lowest BCUT2D eigenvalue weighted by Crippen LogP contribution is -2.21. The highest BCUT2D eigenvalue weighted by Crippen LogP contribution is 2.29. The number of nitrogens with one attached hydrogen (secondary N) is 1. The van der Waals surface area contributed by atoms with E-state index in [2.05, 4.69) is 15.2 Å². The number of alkyl halides is 3. The summed E-state index contributed by atoms with van der Waals surface area (Å²) in [6.45, 7) is 1.65.